The van der Waals surface area contributed by atoms with Gasteiger partial charge in [0.2, 0.25) is 0 Å². The van der Waals surface area contributed by atoms with Gasteiger partial charge in [0, 0.05) is 25.9 Å². The number of ether oxygens (including phenoxy) is 1. The Kier molecular flexibility index (Phi) is 4.32. The van der Waals surface area contributed by atoms with Crippen LogP contribution in [0.2, 0.25) is 5.02 Å². The number of hydrogen-bond donors (Lipinski definition) is 1. The Morgan fingerprint density at radius 3 is 2.89 bits per heavy atom. The van der Waals surface area contributed by atoms with Crippen molar-refractivity contribution >= 4 is 23.2 Å². The molecule has 0 saturated carbocycles. The van der Waals surface area contributed by atoms with E-state index in [0.29, 0.717) is 35.3 Å². The summed E-state index contributed by atoms with van der Waals surface area (Å²) in [5.41, 5.74) is 6.68. The fourth-order valence-electron chi connectivity index (χ4n) is 2.45. The van der Waals surface area contributed by atoms with Crippen LogP contribution in [0.1, 0.15) is 23.7 Å². The van der Waals surface area contributed by atoms with Gasteiger partial charge in [0.1, 0.15) is 0 Å². The molecule has 0 bridgehead atoms. The van der Waals surface area contributed by atoms with Gasteiger partial charge in [0.25, 0.3) is 5.91 Å². The third-order valence-corrected chi connectivity index (χ3v) is 4.05. The van der Waals surface area contributed by atoms with Crippen molar-refractivity contribution in [2.45, 2.75) is 19.4 Å². The predicted molar refractivity (Wildman–Crippen MR) is 76.3 cm³/mol. The molecule has 104 valence electrons. The van der Waals surface area contributed by atoms with Crippen LogP contribution in [0.25, 0.3) is 0 Å². The maximum absolute atomic E-state index is 12.5. The quantitative estimate of drug-likeness (QED) is 0.848. The van der Waals surface area contributed by atoms with Gasteiger partial charge in [-0.25, -0.2) is 0 Å². The van der Waals surface area contributed by atoms with Crippen LogP contribution in [0.15, 0.2) is 18.2 Å². The van der Waals surface area contributed by atoms with Gasteiger partial charge >= 0.3 is 0 Å². The highest BCUT2D eigenvalue weighted by atomic mass is 35.5. The van der Waals surface area contributed by atoms with Crippen LogP contribution in [0.4, 0.5) is 5.69 Å². The molecule has 2 atom stereocenters. The molecule has 0 radical (unpaired) electrons. The highest BCUT2D eigenvalue weighted by Crippen LogP contribution is 2.26. The molecule has 1 aromatic rings. The number of carbonyl (C=O) groups is 1. The number of nitrogens with zero attached hydrogens (tertiary/aromatic N) is 1. The number of hydrogen-bond acceptors (Lipinski definition) is 3. The lowest BCUT2D eigenvalue weighted by Gasteiger charge is -2.36. The Balaban J connectivity index is 2.20. The molecule has 1 heterocycles. The van der Waals surface area contributed by atoms with Crippen LogP contribution in [0.3, 0.4) is 0 Å². The summed E-state index contributed by atoms with van der Waals surface area (Å²) in [6.07, 6.45) is 0.996. The Hall–Kier alpha value is -1.26. The van der Waals surface area contributed by atoms with Crippen LogP contribution in [-0.2, 0) is 4.74 Å². The number of nitrogens with two attached hydrogens (primary N) is 1. The maximum Gasteiger partial charge on any atom is 0.257 e. The average molecular weight is 283 g/mol. The monoisotopic (exact) mass is 282 g/mol. The van der Waals surface area contributed by atoms with E-state index in [2.05, 4.69) is 6.92 Å². The van der Waals surface area contributed by atoms with Crippen molar-refractivity contribution in [2.24, 2.45) is 5.92 Å². The smallest absolute Gasteiger partial charge is 0.257 e. The second-order valence-corrected chi connectivity index (χ2v) is 5.40. The molecule has 1 saturated heterocycles. The first-order valence-corrected chi connectivity index (χ1v) is 6.78. The molecule has 0 aliphatic carbocycles. The van der Waals surface area contributed by atoms with Gasteiger partial charge in [-0.2, -0.15) is 0 Å². The molecule has 2 N–H and O–H groups in total. The number of anilines is 1. The van der Waals surface area contributed by atoms with Crippen LogP contribution in [0.5, 0.6) is 0 Å². The molecule has 1 aromatic carbocycles. The van der Waals surface area contributed by atoms with Crippen molar-refractivity contribution in [1.29, 1.82) is 0 Å². The normalized spacial score (nSPS) is 23.4. The van der Waals surface area contributed by atoms with E-state index in [1.54, 1.807) is 30.2 Å². The number of carbonyl (C=O) groups excluding carboxylic acids is 1. The van der Waals surface area contributed by atoms with Crippen molar-refractivity contribution < 1.29 is 9.53 Å². The minimum atomic E-state index is -0.114. The standard InChI is InChI=1S/C14H19ClN2O2/c1-9-6-7-17(8-12(9)19-2)14(18)13-10(15)4-3-5-11(13)16/h3-5,9,12H,6-8,16H2,1-2H3. The van der Waals surface area contributed by atoms with Crippen molar-refractivity contribution in [2.75, 3.05) is 25.9 Å². The zero-order valence-corrected chi connectivity index (χ0v) is 12.0. The summed E-state index contributed by atoms with van der Waals surface area (Å²) in [7, 11) is 1.68. The number of halogens is 1. The molecule has 2 unspecified atom stereocenters. The number of amides is 1. The molecule has 5 heteroatoms. The fourth-order valence-corrected chi connectivity index (χ4v) is 2.71. The number of rotatable bonds is 2. The summed E-state index contributed by atoms with van der Waals surface area (Å²) in [6, 6.07) is 5.12. The van der Waals surface area contributed by atoms with Gasteiger partial charge in [0.05, 0.1) is 16.7 Å². The summed E-state index contributed by atoms with van der Waals surface area (Å²) in [4.78, 5) is 14.3. The third kappa shape index (κ3) is 2.85. The van der Waals surface area contributed by atoms with Gasteiger partial charge in [-0.15, -0.1) is 0 Å². The van der Waals surface area contributed by atoms with E-state index in [0.717, 1.165) is 6.42 Å². The molecule has 1 aliphatic heterocycles. The first kappa shape index (κ1) is 14.2. The molecular formula is C14H19ClN2O2. The number of methoxy groups -OCH3 is 1. The van der Waals surface area contributed by atoms with Gasteiger partial charge in [-0.1, -0.05) is 24.6 Å². The molecule has 2 rings (SSSR count). The van der Waals surface area contributed by atoms with Crippen molar-refractivity contribution in [3.63, 3.8) is 0 Å². The van der Waals surface area contributed by atoms with Crippen molar-refractivity contribution in [1.82, 2.24) is 4.90 Å². The highest BCUT2D eigenvalue weighted by Gasteiger charge is 2.30. The lowest BCUT2D eigenvalue weighted by atomic mass is 9.95. The minimum absolute atomic E-state index is 0.0708. The predicted octanol–water partition coefficient (Wildman–Crippen LogP) is 2.42. The summed E-state index contributed by atoms with van der Waals surface area (Å²) in [5, 5.41) is 0.401. The van der Waals surface area contributed by atoms with E-state index in [-0.39, 0.29) is 12.0 Å². The van der Waals surface area contributed by atoms with Crippen LogP contribution < -0.4 is 5.73 Å². The lowest BCUT2D eigenvalue weighted by Crippen LogP contribution is -2.46. The molecule has 1 aliphatic rings. The van der Waals surface area contributed by atoms with Gasteiger partial charge < -0.3 is 15.4 Å². The average Bonchev–Trinajstić information content (AvgIpc) is 2.39. The van der Waals surface area contributed by atoms with E-state index in [4.69, 9.17) is 22.1 Å². The molecule has 0 aromatic heterocycles. The van der Waals surface area contributed by atoms with E-state index in [1.807, 2.05) is 0 Å². The summed E-state index contributed by atoms with van der Waals surface area (Å²) < 4.78 is 5.42. The van der Waals surface area contributed by atoms with Crippen molar-refractivity contribution in [3.8, 4) is 0 Å². The van der Waals surface area contributed by atoms with Gasteiger partial charge in [0.15, 0.2) is 0 Å². The van der Waals surface area contributed by atoms with E-state index in [1.165, 1.54) is 0 Å². The Morgan fingerprint density at radius 2 is 2.26 bits per heavy atom. The van der Waals surface area contributed by atoms with E-state index >= 15 is 0 Å². The van der Waals surface area contributed by atoms with Gasteiger partial charge in [-0.05, 0) is 24.5 Å². The minimum Gasteiger partial charge on any atom is -0.398 e. The summed E-state index contributed by atoms with van der Waals surface area (Å²) in [5.74, 6) is 0.342. The first-order chi connectivity index (χ1) is 9.04. The topological polar surface area (TPSA) is 55.6 Å². The largest absolute Gasteiger partial charge is 0.398 e. The first-order valence-electron chi connectivity index (χ1n) is 6.40. The second kappa shape index (κ2) is 5.80. The molecule has 0 spiro atoms. The van der Waals surface area contributed by atoms with Crippen LogP contribution in [0, 0.1) is 5.92 Å². The molecule has 4 nitrogen and oxygen atoms in total. The molecular weight excluding hydrogens is 264 g/mol. The molecule has 1 fully saturated rings. The molecule has 19 heavy (non-hydrogen) atoms. The van der Waals surface area contributed by atoms with E-state index in [9.17, 15) is 4.79 Å². The van der Waals surface area contributed by atoms with E-state index < -0.39 is 0 Å². The maximum atomic E-state index is 12.5. The second-order valence-electron chi connectivity index (χ2n) is 5.00. The Morgan fingerprint density at radius 1 is 1.53 bits per heavy atom. The highest BCUT2D eigenvalue weighted by molar-refractivity contribution is 6.34. The zero-order chi connectivity index (χ0) is 14.0. The fraction of sp³-hybridized carbons (Fsp3) is 0.500. The Bertz CT molecular complexity index is 458. The lowest BCUT2D eigenvalue weighted by molar-refractivity contribution is -0.00152. The number of likely N-dealkylation sites (tertiary alicyclic amines) is 1. The number of nitrogen functional groups attached to an aromatic ring is 1. The van der Waals surface area contributed by atoms with Crippen molar-refractivity contribution in [3.05, 3.63) is 28.8 Å². The van der Waals surface area contributed by atoms with Gasteiger partial charge in [-0.3, -0.25) is 4.79 Å². The SMILES string of the molecule is COC1CN(C(=O)c2c(N)cccc2Cl)CCC1C. The zero-order valence-electron chi connectivity index (χ0n) is 11.2. The number of piperidine rings is 1. The third-order valence-electron chi connectivity index (χ3n) is 3.74. The Labute approximate surface area is 118 Å². The van der Waals surface area contributed by atoms with Crippen LogP contribution >= 0.6 is 11.6 Å². The number of benzene rings is 1. The van der Waals surface area contributed by atoms with Crippen LogP contribution in [-0.4, -0.2) is 37.1 Å². The summed E-state index contributed by atoms with van der Waals surface area (Å²) >= 11 is 6.08. The summed E-state index contributed by atoms with van der Waals surface area (Å²) in [6.45, 7) is 3.44. The molecule has 1 amide bonds.